The summed E-state index contributed by atoms with van der Waals surface area (Å²) in [6.45, 7) is 4.23. The van der Waals surface area contributed by atoms with Gasteiger partial charge >= 0.3 is 0 Å². The second kappa shape index (κ2) is 10.4. The van der Waals surface area contributed by atoms with Gasteiger partial charge < -0.3 is 24.8 Å². The summed E-state index contributed by atoms with van der Waals surface area (Å²) in [5, 5.41) is 6.34. The predicted octanol–water partition coefficient (Wildman–Crippen LogP) is 3.10. The second-order valence-electron chi connectivity index (χ2n) is 6.25. The van der Waals surface area contributed by atoms with Crippen LogP contribution in [0.2, 0.25) is 0 Å². The molecule has 1 amide bonds. The lowest BCUT2D eigenvalue weighted by atomic mass is 9.85. The number of carbonyl (C=O) groups excluding carboxylic acids is 1. The Morgan fingerprint density at radius 1 is 1.24 bits per heavy atom. The molecule has 1 aliphatic rings. The van der Waals surface area contributed by atoms with Crippen LogP contribution in [-0.2, 0) is 4.79 Å². The summed E-state index contributed by atoms with van der Waals surface area (Å²) in [5.41, 5.74) is 0.642. The summed E-state index contributed by atoms with van der Waals surface area (Å²) in [4.78, 5) is 12.4. The number of amides is 1. The molecule has 1 saturated heterocycles. The molecular formula is C18H29ClN2O4. The van der Waals surface area contributed by atoms with Gasteiger partial charge in [0.2, 0.25) is 11.7 Å². The average molecular weight is 373 g/mol. The maximum Gasteiger partial charge on any atom is 0.224 e. The molecule has 0 spiro atoms. The quantitative estimate of drug-likeness (QED) is 0.769. The number of ether oxygens (including phenoxy) is 3. The SMILES string of the molecule is COc1cc(NC(=O)CC(C)C2CCCNC2)cc(OC)c1OC.Cl. The van der Waals surface area contributed by atoms with Crippen LogP contribution in [0, 0.1) is 11.8 Å². The lowest BCUT2D eigenvalue weighted by Gasteiger charge is -2.28. The van der Waals surface area contributed by atoms with Gasteiger partial charge in [-0.3, -0.25) is 4.79 Å². The fourth-order valence-electron chi connectivity index (χ4n) is 3.19. The zero-order valence-electron chi connectivity index (χ0n) is 15.4. The van der Waals surface area contributed by atoms with Crippen LogP contribution in [0.15, 0.2) is 12.1 Å². The highest BCUT2D eigenvalue weighted by Gasteiger charge is 2.22. The Labute approximate surface area is 156 Å². The van der Waals surface area contributed by atoms with Crippen molar-refractivity contribution in [3.63, 3.8) is 0 Å². The fraction of sp³-hybridized carbons (Fsp3) is 0.611. The number of halogens is 1. The number of hydrogen-bond donors (Lipinski definition) is 2. The van der Waals surface area contributed by atoms with Crippen LogP contribution in [-0.4, -0.2) is 40.3 Å². The van der Waals surface area contributed by atoms with E-state index in [1.54, 1.807) is 33.5 Å². The molecule has 1 aliphatic heterocycles. The minimum absolute atomic E-state index is 0. The van der Waals surface area contributed by atoms with Crippen LogP contribution in [0.5, 0.6) is 17.2 Å². The molecule has 6 nitrogen and oxygen atoms in total. The van der Waals surface area contributed by atoms with Gasteiger partial charge in [-0.15, -0.1) is 12.4 Å². The minimum atomic E-state index is 0. The van der Waals surface area contributed by atoms with E-state index >= 15 is 0 Å². The first-order chi connectivity index (χ1) is 11.6. The molecule has 1 heterocycles. The maximum absolute atomic E-state index is 12.4. The van der Waals surface area contributed by atoms with Gasteiger partial charge in [0.1, 0.15) is 0 Å². The van der Waals surface area contributed by atoms with Crippen molar-refractivity contribution in [2.24, 2.45) is 11.8 Å². The largest absolute Gasteiger partial charge is 0.493 e. The molecular weight excluding hydrogens is 344 g/mol. The summed E-state index contributed by atoms with van der Waals surface area (Å²) in [5.74, 6) is 2.47. The molecule has 0 aliphatic carbocycles. The average Bonchev–Trinajstić information content (AvgIpc) is 2.61. The van der Waals surface area contributed by atoms with Gasteiger partial charge in [-0.05, 0) is 37.8 Å². The summed E-state index contributed by atoms with van der Waals surface area (Å²) in [6, 6.07) is 3.48. The van der Waals surface area contributed by atoms with Gasteiger partial charge in [-0.2, -0.15) is 0 Å². The first-order valence-electron chi connectivity index (χ1n) is 8.39. The molecule has 2 rings (SSSR count). The molecule has 1 fully saturated rings. The molecule has 7 heteroatoms. The zero-order valence-corrected chi connectivity index (χ0v) is 16.2. The van der Waals surface area contributed by atoms with Crippen molar-refractivity contribution < 1.29 is 19.0 Å². The molecule has 0 aromatic heterocycles. The topological polar surface area (TPSA) is 68.8 Å². The zero-order chi connectivity index (χ0) is 17.5. The van der Waals surface area contributed by atoms with Gasteiger partial charge in [0.15, 0.2) is 11.5 Å². The Morgan fingerprint density at radius 3 is 2.36 bits per heavy atom. The second-order valence-corrected chi connectivity index (χ2v) is 6.25. The van der Waals surface area contributed by atoms with Gasteiger partial charge in [0.05, 0.1) is 21.3 Å². The highest BCUT2D eigenvalue weighted by atomic mass is 35.5. The minimum Gasteiger partial charge on any atom is -0.493 e. The number of hydrogen-bond acceptors (Lipinski definition) is 5. The molecule has 1 aromatic rings. The fourth-order valence-corrected chi connectivity index (χ4v) is 3.19. The van der Waals surface area contributed by atoms with E-state index in [4.69, 9.17) is 14.2 Å². The molecule has 1 aromatic carbocycles. The third kappa shape index (κ3) is 5.68. The van der Waals surface area contributed by atoms with Crippen LogP contribution in [0.4, 0.5) is 5.69 Å². The third-order valence-corrected chi connectivity index (χ3v) is 4.60. The number of carbonyl (C=O) groups is 1. The van der Waals surface area contributed by atoms with Crippen molar-refractivity contribution in [2.75, 3.05) is 39.7 Å². The van der Waals surface area contributed by atoms with Crippen molar-refractivity contribution in [1.82, 2.24) is 5.32 Å². The normalized spacial score (nSPS) is 17.8. The first kappa shape index (κ1) is 21.4. The van der Waals surface area contributed by atoms with E-state index in [1.165, 1.54) is 12.8 Å². The molecule has 2 atom stereocenters. The Hall–Kier alpha value is -1.66. The smallest absolute Gasteiger partial charge is 0.224 e. The van der Waals surface area contributed by atoms with Crippen LogP contribution < -0.4 is 24.8 Å². The van der Waals surface area contributed by atoms with Crippen molar-refractivity contribution in [2.45, 2.75) is 26.2 Å². The van der Waals surface area contributed by atoms with Crippen molar-refractivity contribution in [1.29, 1.82) is 0 Å². The van der Waals surface area contributed by atoms with E-state index in [0.717, 1.165) is 13.1 Å². The number of piperidine rings is 1. The van der Waals surface area contributed by atoms with Gasteiger partial charge in [0.25, 0.3) is 0 Å². The Bertz CT molecular complexity index is 537. The van der Waals surface area contributed by atoms with Crippen molar-refractivity contribution >= 4 is 24.0 Å². The summed E-state index contributed by atoms with van der Waals surface area (Å²) in [7, 11) is 4.67. The lowest BCUT2D eigenvalue weighted by Crippen LogP contribution is -2.34. The van der Waals surface area contributed by atoms with Gasteiger partial charge in [0, 0.05) is 24.2 Å². The van der Waals surface area contributed by atoms with E-state index in [9.17, 15) is 4.79 Å². The molecule has 0 bridgehead atoms. The molecule has 0 radical (unpaired) electrons. The predicted molar refractivity (Wildman–Crippen MR) is 101 cm³/mol. The van der Waals surface area contributed by atoms with E-state index in [0.29, 0.717) is 41.2 Å². The van der Waals surface area contributed by atoms with Gasteiger partial charge in [-0.1, -0.05) is 6.92 Å². The van der Waals surface area contributed by atoms with Crippen LogP contribution in [0.25, 0.3) is 0 Å². The number of rotatable bonds is 7. The summed E-state index contributed by atoms with van der Waals surface area (Å²) < 4.78 is 15.9. The highest BCUT2D eigenvalue weighted by molar-refractivity contribution is 5.91. The Morgan fingerprint density at radius 2 is 1.88 bits per heavy atom. The third-order valence-electron chi connectivity index (χ3n) is 4.60. The van der Waals surface area contributed by atoms with E-state index in [2.05, 4.69) is 17.6 Å². The molecule has 2 unspecified atom stereocenters. The summed E-state index contributed by atoms with van der Waals surface area (Å²) in [6.07, 6.45) is 2.87. The Balaban J connectivity index is 0.00000312. The lowest BCUT2D eigenvalue weighted by molar-refractivity contribution is -0.117. The van der Waals surface area contributed by atoms with Crippen LogP contribution >= 0.6 is 12.4 Å². The number of nitrogens with one attached hydrogen (secondary N) is 2. The van der Waals surface area contributed by atoms with Crippen LogP contribution in [0.3, 0.4) is 0 Å². The first-order valence-corrected chi connectivity index (χ1v) is 8.39. The number of methoxy groups -OCH3 is 3. The molecule has 142 valence electrons. The standard InChI is InChI=1S/C18H28N2O4.ClH/c1-12(13-6-5-7-19-11-13)8-17(21)20-14-9-15(22-2)18(24-4)16(10-14)23-3;/h9-10,12-13,19H,5-8,11H2,1-4H3,(H,20,21);1H. The maximum atomic E-state index is 12.4. The van der Waals surface area contributed by atoms with Crippen molar-refractivity contribution in [3.05, 3.63) is 12.1 Å². The molecule has 0 saturated carbocycles. The Kier molecular flexibility index (Phi) is 8.86. The van der Waals surface area contributed by atoms with E-state index in [-0.39, 0.29) is 18.3 Å². The van der Waals surface area contributed by atoms with Crippen molar-refractivity contribution in [3.8, 4) is 17.2 Å². The van der Waals surface area contributed by atoms with E-state index < -0.39 is 0 Å². The number of benzene rings is 1. The monoisotopic (exact) mass is 372 g/mol. The highest BCUT2D eigenvalue weighted by Crippen LogP contribution is 2.40. The van der Waals surface area contributed by atoms with Gasteiger partial charge in [-0.25, -0.2) is 0 Å². The van der Waals surface area contributed by atoms with Crippen LogP contribution in [0.1, 0.15) is 26.2 Å². The molecule has 25 heavy (non-hydrogen) atoms. The number of anilines is 1. The summed E-state index contributed by atoms with van der Waals surface area (Å²) >= 11 is 0. The van der Waals surface area contributed by atoms with E-state index in [1.807, 2.05) is 0 Å². The molecule has 2 N–H and O–H groups in total.